The van der Waals surface area contributed by atoms with E-state index in [1.54, 1.807) is 12.1 Å². The molecule has 6 nitrogen and oxygen atoms in total. The molecule has 0 radical (unpaired) electrons. The molecule has 0 spiro atoms. The molecular formula is C13H13NO5. The Bertz CT molecular complexity index is 522. The molecule has 19 heavy (non-hydrogen) atoms. The van der Waals surface area contributed by atoms with Crippen molar-refractivity contribution in [2.24, 2.45) is 0 Å². The van der Waals surface area contributed by atoms with Crippen LogP contribution in [0.2, 0.25) is 0 Å². The van der Waals surface area contributed by atoms with Crippen LogP contribution in [-0.4, -0.2) is 18.3 Å². The first-order valence-corrected chi connectivity index (χ1v) is 5.40. The maximum Gasteiger partial charge on any atom is 0.308 e. The lowest BCUT2D eigenvalue weighted by molar-refractivity contribution is -0.134. The van der Waals surface area contributed by atoms with Gasteiger partial charge >= 0.3 is 11.9 Å². The highest BCUT2D eigenvalue weighted by Gasteiger charge is 2.13. The van der Waals surface area contributed by atoms with Crippen LogP contribution < -0.4 is 14.8 Å². The number of para-hydroxylation sites is 1. The average Bonchev–Trinajstić information content (AvgIpc) is 2.32. The molecule has 1 N–H and O–H groups in total. The Morgan fingerprint density at radius 2 is 1.84 bits per heavy atom. The molecular weight excluding hydrogens is 250 g/mol. The third kappa shape index (κ3) is 4.63. The van der Waals surface area contributed by atoms with Gasteiger partial charge < -0.3 is 14.8 Å². The first kappa shape index (κ1) is 14.4. The number of benzene rings is 1. The monoisotopic (exact) mass is 263 g/mol. The zero-order valence-electron chi connectivity index (χ0n) is 10.5. The second-order valence-corrected chi connectivity index (χ2v) is 3.48. The molecule has 100 valence electrons. The summed E-state index contributed by atoms with van der Waals surface area (Å²) in [6.45, 7) is 2.48. The molecule has 0 bridgehead atoms. The molecule has 0 unspecified atom stereocenters. The van der Waals surface area contributed by atoms with Gasteiger partial charge in [0.05, 0.1) is 0 Å². The van der Waals surface area contributed by atoms with Crippen molar-refractivity contribution in [2.45, 2.75) is 13.8 Å². The van der Waals surface area contributed by atoms with Crippen molar-refractivity contribution < 1.29 is 23.9 Å². The molecule has 0 aliphatic heterocycles. The fraction of sp³-hybridized carbons (Fsp3) is 0.154. The Morgan fingerprint density at radius 1 is 1.16 bits per heavy atom. The van der Waals surface area contributed by atoms with E-state index < -0.39 is 11.9 Å². The van der Waals surface area contributed by atoms with Crippen LogP contribution in [0.4, 0.5) is 0 Å². The molecule has 0 fully saturated rings. The third-order valence-electron chi connectivity index (χ3n) is 1.94. The molecule has 6 heteroatoms. The number of esters is 2. The number of nitrogens with one attached hydrogen (secondary N) is 1. The number of hydrogen-bond acceptors (Lipinski definition) is 5. The van der Waals surface area contributed by atoms with E-state index in [1.807, 2.05) is 0 Å². The standard InChI is InChI=1S/C13H13NO5/c1-9(16)18-12-5-3-4-11(6-7-14-8-15)13(12)19-10(2)17/h3-8H,1-2H3,(H,14,15)/b7-6+. The lowest BCUT2D eigenvalue weighted by atomic mass is 10.2. The Morgan fingerprint density at radius 3 is 2.42 bits per heavy atom. The Balaban J connectivity index is 3.16. The summed E-state index contributed by atoms with van der Waals surface area (Å²) < 4.78 is 9.98. The minimum Gasteiger partial charge on any atom is -0.423 e. The van der Waals surface area contributed by atoms with E-state index >= 15 is 0 Å². The van der Waals surface area contributed by atoms with Gasteiger partial charge in [-0.05, 0) is 12.1 Å². The smallest absolute Gasteiger partial charge is 0.308 e. The molecule has 1 aromatic carbocycles. The molecule has 0 aliphatic rings. The number of ether oxygens (including phenoxy) is 2. The first-order chi connectivity index (χ1) is 9.04. The van der Waals surface area contributed by atoms with Crippen molar-refractivity contribution in [3.63, 3.8) is 0 Å². The molecule has 0 aromatic heterocycles. The van der Waals surface area contributed by atoms with Gasteiger partial charge in [0.15, 0.2) is 11.5 Å². The number of hydrogen-bond donors (Lipinski definition) is 1. The largest absolute Gasteiger partial charge is 0.423 e. The number of rotatable bonds is 5. The summed E-state index contributed by atoms with van der Waals surface area (Å²) in [5, 5.41) is 2.33. The molecule has 1 rings (SSSR count). The van der Waals surface area contributed by atoms with Gasteiger partial charge in [0, 0.05) is 25.6 Å². The van der Waals surface area contributed by atoms with Gasteiger partial charge in [-0.3, -0.25) is 14.4 Å². The van der Waals surface area contributed by atoms with Gasteiger partial charge in [0.25, 0.3) is 0 Å². The summed E-state index contributed by atoms with van der Waals surface area (Å²) in [5.41, 5.74) is 0.489. The van der Waals surface area contributed by atoms with Gasteiger partial charge in [-0.2, -0.15) is 0 Å². The maximum absolute atomic E-state index is 11.1. The van der Waals surface area contributed by atoms with E-state index in [9.17, 15) is 14.4 Å². The highest BCUT2D eigenvalue weighted by Crippen LogP contribution is 2.32. The second kappa shape index (κ2) is 6.95. The van der Waals surface area contributed by atoms with Gasteiger partial charge in [-0.25, -0.2) is 0 Å². The van der Waals surface area contributed by atoms with E-state index in [1.165, 1.54) is 32.2 Å². The average molecular weight is 263 g/mol. The lowest BCUT2D eigenvalue weighted by Crippen LogP contribution is -2.08. The predicted octanol–water partition coefficient (Wildman–Crippen LogP) is 1.25. The zero-order chi connectivity index (χ0) is 14.3. The molecule has 1 aromatic rings. The number of amides is 1. The van der Waals surface area contributed by atoms with Crippen LogP contribution in [0.3, 0.4) is 0 Å². The third-order valence-corrected chi connectivity index (χ3v) is 1.94. The van der Waals surface area contributed by atoms with E-state index in [-0.39, 0.29) is 11.5 Å². The second-order valence-electron chi connectivity index (χ2n) is 3.48. The van der Waals surface area contributed by atoms with Crippen molar-refractivity contribution in [1.82, 2.24) is 5.32 Å². The summed E-state index contributed by atoms with van der Waals surface area (Å²) in [7, 11) is 0. The summed E-state index contributed by atoms with van der Waals surface area (Å²) in [6, 6.07) is 4.78. The molecule has 0 atom stereocenters. The molecule has 0 saturated carbocycles. The van der Waals surface area contributed by atoms with Gasteiger partial charge in [-0.15, -0.1) is 0 Å². The fourth-order valence-electron chi connectivity index (χ4n) is 1.33. The molecule has 1 amide bonds. The number of carbonyl (C=O) groups excluding carboxylic acids is 3. The topological polar surface area (TPSA) is 81.7 Å². The van der Waals surface area contributed by atoms with Crippen LogP contribution in [-0.2, 0) is 14.4 Å². The van der Waals surface area contributed by atoms with Gasteiger partial charge in [0.2, 0.25) is 6.41 Å². The zero-order valence-corrected chi connectivity index (χ0v) is 10.5. The SMILES string of the molecule is CC(=O)Oc1cccc(/C=C/NC=O)c1OC(C)=O. The van der Waals surface area contributed by atoms with Crippen LogP contribution in [0, 0.1) is 0 Å². The van der Waals surface area contributed by atoms with E-state index in [4.69, 9.17) is 9.47 Å². The number of carbonyl (C=O) groups is 3. The minimum absolute atomic E-state index is 0.120. The van der Waals surface area contributed by atoms with Crippen molar-refractivity contribution in [2.75, 3.05) is 0 Å². The predicted molar refractivity (Wildman–Crippen MR) is 67.3 cm³/mol. The summed E-state index contributed by atoms with van der Waals surface area (Å²) in [6.07, 6.45) is 3.38. The normalized spacial score (nSPS) is 10.0. The van der Waals surface area contributed by atoms with Gasteiger partial charge in [-0.1, -0.05) is 12.1 Å². The summed E-state index contributed by atoms with van der Waals surface area (Å²) in [5.74, 6) is -0.816. The van der Waals surface area contributed by atoms with E-state index in [0.29, 0.717) is 12.0 Å². The summed E-state index contributed by atoms with van der Waals surface area (Å²) in [4.78, 5) is 32.2. The van der Waals surface area contributed by atoms with E-state index in [2.05, 4.69) is 5.32 Å². The fourth-order valence-corrected chi connectivity index (χ4v) is 1.33. The van der Waals surface area contributed by atoms with Crippen LogP contribution in [0.1, 0.15) is 19.4 Å². The Labute approximate surface area is 110 Å². The molecule has 0 saturated heterocycles. The van der Waals surface area contributed by atoms with E-state index in [0.717, 1.165) is 0 Å². The van der Waals surface area contributed by atoms with Crippen molar-refractivity contribution in [3.05, 3.63) is 30.0 Å². The highest BCUT2D eigenvalue weighted by molar-refractivity contribution is 5.77. The first-order valence-electron chi connectivity index (χ1n) is 5.40. The molecule has 0 heterocycles. The van der Waals surface area contributed by atoms with Crippen LogP contribution in [0.25, 0.3) is 6.08 Å². The van der Waals surface area contributed by atoms with Crippen LogP contribution in [0.15, 0.2) is 24.4 Å². The quantitative estimate of drug-likeness (QED) is 0.491. The van der Waals surface area contributed by atoms with Crippen LogP contribution >= 0.6 is 0 Å². The van der Waals surface area contributed by atoms with Crippen molar-refractivity contribution in [3.8, 4) is 11.5 Å². The Hall–Kier alpha value is -2.63. The van der Waals surface area contributed by atoms with Gasteiger partial charge in [0.1, 0.15) is 0 Å². The maximum atomic E-state index is 11.1. The van der Waals surface area contributed by atoms with Crippen molar-refractivity contribution >= 4 is 24.4 Å². The summed E-state index contributed by atoms with van der Waals surface area (Å²) >= 11 is 0. The van der Waals surface area contributed by atoms with Crippen LogP contribution in [0.5, 0.6) is 11.5 Å². The highest BCUT2D eigenvalue weighted by atomic mass is 16.6. The Kier molecular flexibility index (Phi) is 5.28. The van der Waals surface area contributed by atoms with Crippen molar-refractivity contribution in [1.29, 1.82) is 0 Å². The minimum atomic E-state index is -0.544. The molecule has 0 aliphatic carbocycles. The lowest BCUT2D eigenvalue weighted by Gasteiger charge is -2.11.